The van der Waals surface area contributed by atoms with Crippen LogP contribution in [0.3, 0.4) is 0 Å². The SMILES string of the molecule is Cc1nc(CSCc2ccc(Cl)cc2)cs1. The number of rotatable bonds is 4. The van der Waals surface area contributed by atoms with E-state index >= 15 is 0 Å². The van der Waals surface area contributed by atoms with Crippen molar-refractivity contribution >= 4 is 34.7 Å². The Kier molecular flexibility index (Phi) is 4.27. The van der Waals surface area contributed by atoms with Crippen molar-refractivity contribution in [1.29, 1.82) is 0 Å². The molecule has 0 amide bonds. The Morgan fingerprint density at radius 1 is 1.25 bits per heavy atom. The van der Waals surface area contributed by atoms with Gasteiger partial charge in [0.1, 0.15) is 0 Å². The Morgan fingerprint density at radius 2 is 2.00 bits per heavy atom. The Balaban J connectivity index is 1.82. The molecule has 0 aliphatic rings. The highest BCUT2D eigenvalue weighted by atomic mass is 35.5. The Bertz CT molecular complexity index is 450. The van der Waals surface area contributed by atoms with E-state index in [2.05, 4.69) is 22.5 Å². The Labute approximate surface area is 109 Å². The molecule has 0 N–H and O–H groups in total. The average molecular weight is 270 g/mol. The minimum absolute atomic E-state index is 0.795. The number of halogens is 1. The molecule has 4 heteroatoms. The van der Waals surface area contributed by atoms with Gasteiger partial charge >= 0.3 is 0 Å². The number of thioether (sulfide) groups is 1. The van der Waals surface area contributed by atoms with Crippen LogP contribution in [0.15, 0.2) is 29.6 Å². The van der Waals surface area contributed by atoms with Gasteiger partial charge in [-0.2, -0.15) is 11.8 Å². The predicted octanol–water partition coefficient (Wildman–Crippen LogP) is 4.54. The van der Waals surface area contributed by atoms with Gasteiger partial charge in [0.25, 0.3) is 0 Å². The predicted molar refractivity (Wildman–Crippen MR) is 73.3 cm³/mol. The van der Waals surface area contributed by atoms with Crippen LogP contribution < -0.4 is 0 Å². The number of thiazole rings is 1. The smallest absolute Gasteiger partial charge is 0.0897 e. The van der Waals surface area contributed by atoms with Crippen LogP contribution in [0, 0.1) is 6.92 Å². The molecule has 16 heavy (non-hydrogen) atoms. The summed E-state index contributed by atoms with van der Waals surface area (Å²) in [5, 5.41) is 4.07. The summed E-state index contributed by atoms with van der Waals surface area (Å²) in [4.78, 5) is 4.43. The van der Waals surface area contributed by atoms with Crippen LogP contribution in [0.5, 0.6) is 0 Å². The molecule has 84 valence electrons. The third-order valence-electron chi connectivity index (χ3n) is 2.10. The van der Waals surface area contributed by atoms with Crippen molar-refractivity contribution in [2.24, 2.45) is 0 Å². The molecule has 0 radical (unpaired) electrons. The van der Waals surface area contributed by atoms with Crippen molar-refractivity contribution in [2.45, 2.75) is 18.4 Å². The van der Waals surface area contributed by atoms with Gasteiger partial charge < -0.3 is 0 Å². The summed E-state index contributed by atoms with van der Waals surface area (Å²) in [7, 11) is 0. The number of hydrogen-bond acceptors (Lipinski definition) is 3. The molecule has 0 aliphatic carbocycles. The Morgan fingerprint density at radius 3 is 2.62 bits per heavy atom. The fraction of sp³-hybridized carbons (Fsp3) is 0.250. The quantitative estimate of drug-likeness (QED) is 0.808. The molecule has 0 aliphatic heterocycles. The molecule has 2 rings (SSSR count). The molecule has 0 atom stereocenters. The highest BCUT2D eigenvalue weighted by molar-refractivity contribution is 7.97. The summed E-state index contributed by atoms with van der Waals surface area (Å²) in [5.74, 6) is 1.99. The first-order chi connectivity index (χ1) is 7.74. The molecule has 1 nitrogen and oxygen atoms in total. The molecular formula is C12H12ClNS2. The average Bonchev–Trinajstić information content (AvgIpc) is 2.67. The second-order valence-corrected chi connectivity index (χ2v) is 5.96. The van der Waals surface area contributed by atoms with E-state index in [1.807, 2.05) is 30.8 Å². The van der Waals surface area contributed by atoms with Crippen LogP contribution in [0.25, 0.3) is 0 Å². The van der Waals surface area contributed by atoms with Crippen LogP contribution in [-0.2, 0) is 11.5 Å². The fourth-order valence-electron chi connectivity index (χ4n) is 1.33. The van der Waals surface area contributed by atoms with Crippen LogP contribution in [0.2, 0.25) is 5.02 Å². The van der Waals surface area contributed by atoms with Gasteiger partial charge in [-0.25, -0.2) is 4.98 Å². The molecule has 0 fully saturated rings. The van der Waals surface area contributed by atoms with E-state index in [4.69, 9.17) is 11.6 Å². The van der Waals surface area contributed by atoms with Crippen molar-refractivity contribution in [3.63, 3.8) is 0 Å². The minimum Gasteiger partial charge on any atom is -0.246 e. The fourth-order valence-corrected chi connectivity index (χ4v) is 3.06. The van der Waals surface area contributed by atoms with Gasteiger partial charge in [-0.3, -0.25) is 0 Å². The van der Waals surface area contributed by atoms with E-state index < -0.39 is 0 Å². The first-order valence-electron chi connectivity index (χ1n) is 4.97. The monoisotopic (exact) mass is 269 g/mol. The van der Waals surface area contributed by atoms with Crippen molar-refractivity contribution in [2.75, 3.05) is 0 Å². The molecule has 1 heterocycles. The molecule has 0 bridgehead atoms. The zero-order valence-electron chi connectivity index (χ0n) is 8.94. The second-order valence-electron chi connectivity index (χ2n) is 3.48. The summed E-state index contributed by atoms with van der Waals surface area (Å²) in [6.07, 6.45) is 0. The summed E-state index contributed by atoms with van der Waals surface area (Å²) >= 11 is 9.42. The summed E-state index contributed by atoms with van der Waals surface area (Å²) in [5.41, 5.74) is 2.49. The lowest BCUT2D eigenvalue weighted by molar-refractivity contribution is 1.18. The lowest BCUT2D eigenvalue weighted by Crippen LogP contribution is -1.83. The van der Waals surface area contributed by atoms with Gasteiger partial charge in [-0.1, -0.05) is 23.7 Å². The molecule has 0 saturated heterocycles. The van der Waals surface area contributed by atoms with E-state index in [1.165, 1.54) is 11.3 Å². The van der Waals surface area contributed by atoms with E-state index in [0.717, 1.165) is 21.5 Å². The summed E-state index contributed by atoms with van der Waals surface area (Å²) in [6, 6.07) is 8.01. The van der Waals surface area contributed by atoms with Gasteiger partial charge in [-0.15, -0.1) is 11.3 Å². The zero-order valence-corrected chi connectivity index (χ0v) is 11.3. The molecule has 0 spiro atoms. The molecular weight excluding hydrogens is 258 g/mol. The van der Waals surface area contributed by atoms with Crippen LogP contribution in [0.4, 0.5) is 0 Å². The summed E-state index contributed by atoms with van der Waals surface area (Å²) < 4.78 is 0. The van der Waals surface area contributed by atoms with Crippen LogP contribution in [-0.4, -0.2) is 4.98 Å². The van der Waals surface area contributed by atoms with Crippen LogP contribution in [0.1, 0.15) is 16.3 Å². The van der Waals surface area contributed by atoms with Crippen molar-refractivity contribution < 1.29 is 0 Å². The lowest BCUT2D eigenvalue weighted by atomic mass is 10.2. The number of aromatic nitrogens is 1. The molecule has 1 aromatic heterocycles. The highest BCUT2D eigenvalue weighted by Gasteiger charge is 1.99. The van der Waals surface area contributed by atoms with Crippen molar-refractivity contribution in [3.8, 4) is 0 Å². The zero-order chi connectivity index (χ0) is 11.4. The first-order valence-corrected chi connectivity index (χ1v) is 7.38. The lowest BCUT2D eigenvalue weighted by Gasteiger charge is -2.00. The standard InChI is InChI=1S/C12H12ClNS2/c1-9-14-12(8-16-9)7-15-6-10-2-4-11(13)5-3-10/h2-5,8H,6-7H2,1H3. The number of benzene rings is 1. The van der Waals surface area contributed by atoms with Crippen molar-refractivity contribution in [3.05, 3.63) is 50.9 Å². The van der Waals surface area contributed by atoms with Gasteiger partial charge in [0.15, 0.2) is 0 Å². The van der Waals surface area contributed by atoms with Gasteiger partial charge in [0, 0.05) is 21.9 Å². The van der Waals surface area contributed by atoms with Gasteiger partial charge in [0.05, 0.1) is 10.7 Å². The summed E-state index contributed by atoms with van der Waals surface area (Å²) in [6.45, 7) is 2.04. The third kappa shape index (κ3) is 3.51. The maximum atomic E-state index is 5.83. The molecule has 1 aromatic carbocycles. The first kappa shape index (κ1) is 12.0. The van der Waals surface area contributed by atoms with Crippen molar-refractivity contribution in [1.82, 2.24) is 4.98 Å². The highest BCUT2D eigenvalue weighted by Crippen LogP contribution is 2.20. The van der Waals surface area contributed by atoms with E-state index in [0.29, 0.717) is 0 Å². The number of aryl methyl sites for hydroxylation is 1. The van der Waals surface area contributed by atoms with Crippen LogP contribution >= 0.6 is 34.7 Å². The maximum absolute atomic E-state index is 5.83. The third-order valence-corrected chi connectivity index (χ3v) is 4.21. The van der Waals surface area contributed by atoms with Gasteiger partial charge in [-0.05, 0) is 24.6 Å². The minimum atomic E-state index is 0.795. The van der Waals surface area contributed by atoms with E-state index in [-0.39, 0.29) is 0 Å². The van der Waals surface area contributed by atoms with E-state index in [9.17, 15) is 0 Å². The largest absolute Gasteiger partial charge is 0.246 e. The Hall–Kier alpha value is -0.510. The topological polar surface area (TPSA) is 12.9 Å². The maximum Gasteiger partial charge on any atom is 0.0897 e. The number of nitrogens with zero attached hydrogens (tertiary/aromatic N) is 1. The van der Waals surface area contributed by atoms with E-state index in [1.54, 1.807) is 11.3 Å². The van der Waals surface area contributed by atoms with Gasteiger partial charge in [0.2, 0.25) is 0 Å². The second kappa shape index (κ2) is 5.71. The normalized spacial score (nSPS) is 10.6. The molecule has 0 saturated carbocycles. The number of hydrogen-bond donors (Lipinski definition) is 0. The molecule has 0 unspecified atom stereocenters. The molecule has 2 aromatic rings.